The Morgan fingerprint density at radius 1 is 1.16 bits per heavy atom. The number of aromatic nitrogens is 1. The SMILES string of the molecule is CCNc1cc(Cl)c2ncc(C#N)c(Nc3ccc(F)c(Cl)c3)c2c1. The highest BCUT2D eigenvalue weighted by molar-refractivity contribution is 6.36. The number of benzene rings is 2. The standard InChI is InChI=1S/C18H13Cl2FN4/c1-2-23-12-5-13-17(25-11-3-4-16(21)14(19)6-11)10(8-22)9-24-18(13)15(20)7-12/h3-7,9,23H,2H2,1H3,(H,24,25). The molecule has 1 aromatic heterocycles. The maximum Gasteiger partial charge on any atom is 0.141 e. The molecule has 0 unspecified atom stereocenters. The molecule has 0 saturated carbocycles. The van der Waals surface area contributed by atoms with Crippen molar-refractivity contribution in [1.82, 2.24) is 4.98 Å². The van der Waals surface area contributed by atoms with Gasteiger partial charge in [0.15, 0.2) is 0 Å². The predicted molar refractivity (Wildman–Crippen MR) is 100 cm³/mol. The summed E-state index contributed by atoms with van der Waals surface area (Å²) < 4.78 is 13.4. The smallest absolute Gasteiger partial charge is 0.141 e. The number of nitrogens with one attached hydrogen (secondary N) is 2. The van der Waals surface area contributed by atoms with E-state index in [4.69, 9.17) is 23.2 Å². The average Bonchev–Trinajstić information content (AvgIpc) is 2.59. The van der Waals surface area contributed by atoms with Gasteiger partial charge in [0.2, 0.25) is 0 Å². The van der Waals surface area contributed by atoms with Crippen molar-refractivity contribution in [1.29, 1.82) is 5.26 Å². The van der Waals surface area contributed by atoms with Crippen molar-refractivity contribution in [2.24, 2.45) is 0 Å². The van der Waals surface area contributed by atoms with E-state index in [0.29, 0.717) is 32.9 Å². The largest absolute Gasteiger partial charge is 0.385 e. The molecule has 4 nitrogen and oxygen atoms in total. The van der Waals surface area contributed by atoms with Gasteiger partial charge in [-0.1, -0.05) is 23.2 Å². The molecule has 0 bridgehead atoms. The molecule has 0 saturated heterocycles. The van der Waals surface area contributed by atoms with Crippen LogP contribution in [0, 0.1) is 17.1 Å². The molecule has 2 N–H and O–H groups in total. The van der Waals surface area contributed by atoms with Gasteiger partial charge in [-0.2, -0.15) is 5.26 Å². The van der Waals surface area contributed by atoms with Crippen LogP contribution in [0.2, 0.25) is 10.0 Å². The van der Waals surface area contributed by atoms with E-state index in [1.54, 1.807) is 12.1 Å². The van der Waals surface area contributed by atoms with Crippen molar-refractivity contribution < 1.29 is 4.39 Å². The number of hydrogen-bond acceptors (Lipinski definition) is 4. The molecule has 0 radical (unpaired) electrons. The summed E-state index contributed by atoms with van der Waals surface area (Å²) in [6, 6.07) is 10.0. The van der Waals surface area contributed by atoms with Gasteiger partial charge in [0, 0.05) is 29.5 Å². The summed E-state index contributed by atoms with van der Waals surface area (Å²) in [5.74, 6) is -0.509. The molecule has 0 atom stereocenters. The van der Waals surface area contributed by atoms with Crippen molar-refractivity contribution in [2.75, 3.05) is 17.2 Å². The van der Waals surface area contributed by atoms with Gasteiger partial charge in [-0.3, -0.25) is 4.98 Å². The van der Waals surface area contributed by atoms with Gasteiger partial charge in [0.25, 0.3) is 0 Å². The van der Waals surface area contributed by atoms with Crippen LogP contribution in [0.5, 0.6) is 0 Å². The maximum atomic E-state index is 13.4. The van der Waals surface area contributed by atoms with Crippen LogP contribution in [-0.2, 0) is 0 Å². The van der Waals surface area contributed by atoms with Gasteiger partial charge in [0.05, 0.1) is 26.8 Å². The van der Waals surface area contributed by atoms with E-state index in [1.165, 1.54) is 18.3 Å². The van der Waals surface area contributed by atoms with Gasteiger partial charge < -0.3 is 10.6 Å². The van der Waals surface area contributed by atoms with Gasteiger partial charge in [-0.05, 0) is 37.3 Å². The molecule has 0 spiro atoms. The van der Waals surface area contributed by atoms with Gasteiger partial charge >= 0.3 is 0 Å². The zero-order valence-corrected chi connectivity index (χ0v) is 14.7. The number of anilines is 3. The molecule has 0 amide bonds. The normalized spacial score (nSPS) is 10.5. The lowest BCUT2D eigenvalue weighted by Gasteiger charge is -2.14. The fourth-order valence-corrected chi connectivity index (χ4v) is 2.95. The Hall–Kier alpha value is -2.55. The molecule has 3 rings (SSSR count). The van der Waals surface area contributed by atoms with Crippen molar-refractivity contribution in [2.45, 2.75) is 6.92 Å². The Morgan fingerprint density at radius 2 is 1.92 bits per heavy atom. The second kappa shape index (κ2) is 7.14. The van der Waals surface area contributed by atoms with Crippen LogP contribution in [0.15, 0.2) is 36.5 Å². The number of fused-ring (bicyclic) bond motifs is 1. The predicted octanol–water partition coefficient (Wildman–Crippen LogP) is 5.73. The van der Waals surface area contributed by atoms with Crippen LogP contribution >= 0.6 is 23.2 Å². The number of rotatable bonds is 4. The van der Waals surface area contributed by atoms with Crippen LogP contribution in [0.1, 0.15) is 12.5 Å². The summed E-state index contributed by atoms with van der Waals surface area (Å²) >= 11 is 12.2. The Labute approximate surface area is 154 Å². The first-order valence-corrected chi connectivity index (χ1v) is 8.27. The highest BCUT2D eigenvalue weighted by Crippen LogP contribution is 2.35. The molecular formula is C18H13Cl2FN4. The molecule has 7 heteroatoms. The molecule has 0 aliphatic carbocycles. The lowest BCUT2D eigenvalue weighted by atomic mass is 10.1. The third-order valence-electron chi connectivity index (χ3n) is 3.62. The van der Waals surface area contributed by atoms with E-state index in [-0.39, 0.29) is 5.02 Å². The number of nitriles is 1. The van der Waals surface area contributed by atoms with Crippen molar-refractivity contribution >= 4 is 51.2 Å². The van der Waals surface area contributed by atoms with Gasteiger partial charge in [0.1, 0.15) is 11.9 Å². The lowest BCUT2D eigenvalue weighted by molar-refractivity contribution is 0.628. The van der Waals surface area contributed by atoms with E-state index in [0.717, 1.165) is 12.2 Å². The highest BCUT2D eigenvalue weighted by Gasteiger charge is 2.13. The average molecular weight is 375 g/mol. The summed E-state index contributed by atoms with van der Waals surface area (Å²) in [5.41, 5.74) is 2.82. The van der Waals surface area contributed by atoms with E-state index < -0.39 is 5.82 Å². The third-order valence-corrected chi connectivity index (χ3v) is 4.19. The molecule has 0 aliphatic rings. The first kappa shape index (κ1) is 17.3. The molecule has 2 aromatic carbocycles. The summed E-state index contributed by atoms with van der Waals surface area (Å²) in [6.45, 7) is 2.70. The topological polar surface area (TPSA) is 60.7 Å². The molecular weight excluding hydrogens is 362 g/mol. The fraction of sp³-hybridized carbons (Fsp3) is 0.111. The van der Waals surface area contributed by atoms with Gasteiger partial charge in [-0.15, -0.1) is 0 Å². The van der Waals surface area contributed by atoms with Crippen LogP contribution < -0.4 is 10.6 Å². The van der Waals surface area contributed by atoms with Crippen LogP contribution in [0.3, 0.4) is 0 Å². The zero-order chi connectivity index (χ0) is 18.0. The molecule has 3 aromatic rings. The Morgan fingerprint density at radius 3 is 2.60 bits per heavy atom. The quantitative estimate of drug-likeness (QED) is 0.612. The zero-order valence-electron chi connectivity index (χ0n) is 13.2. The third kappa shape index (κ3) is 3.46. The first-order chi connectivity index (χ1) is 12.0. The summed E-state index contributed by atoms with van der Waals surface area (Å²) in [5, 5.41) is 16.9. The van der Waals surface area contributed by atoms with Gasteiger partial charge in [-0.25, -0.2) is 4.39 Å². The summed E-state index contributed by atoms with van der Waals surface area (Å²) in [7, 11) is 0. The van der Waals surface area contributed by atoms with E-state index in [1.807, 2.05) is 13.0 Å². The minimum Gasteiger partial charge on any atom is -0.385 e. The number of halogens is 3. The minimum atomic E-state index is -0.509. The monoisotopic (exact) mass is 374 g/mol. The lowest BCUT2D eigenvalue weighted by Crippen LogP contribution is -2.00. The number of nitrogens with zero attached hydrogens (tertiary/aromatic N) is 2. The molecule has 25 heavy (non-hydrogen) atoms. The molecule has 0 fully saturated rings. The summed E-state index contributed by atoms with van der Waals surface area (Å²) in [4.78, 5) is 4.28. The number of hydrogen-bond donors (Lipinski definition) is 2. The van der Waals surface area contributed by atoms with Crippen LogP contribution in [0.25, 0.3) is 10.9 Å². The second-order valence-electron chi connectivity index (χ2n) is 5.30. The van der Waals surface area contributed by atoms with Crippen LogP contribution in [-0.4, -0.2) is 11.5 Å². The minimum absolute atomic E-state index is 0.00626. The van der Waals surface area contributed by atoms with Crippen molar-refractivity contribution in [3.8, 4) is 6.07 Å². The Balaban J connectivity index is 2.19. The Kier molecular flexibility index (Phi) is 4.93. The molecule has 0 aliphatic heterocycles. The molecule has 126 valence electrons. The van der Waals surface area contributed by atoms with Crippen molar-refractivity contribution in [3.05, 3.63) is 58.0 Å². The Bertz CT molecular complexity index is 999. The second-order valence-corrected chi connectivity index (χ2v) is 6.11. The fourth-order valence-electron chi connectivity index (χ4n) is 2.50. The van der Waals surface area contributed by atoms with Crippen molar-refractivity contribution in [3.63, 3.8) is 0 Å². The van der Waals surface area contributed by atoms with E-state index in [2.05, 4.69) is 21.7 Å². The maximum absolute atomic E-state index is 13.4. The number of pyridine rings is 1. The summed E-state index contributed by atoms with van der Waals surface area (Å²) in [6.07, 6.45) is 1.45. The van der Waals surface area contributed by atoms with E-state index in [9.17, 15) is 9.65 Å². The van der Waals surface area contributed by atoms with E-state index >= 15 is 0 Å². The molecule has 1 heterocycles. The highest BCUT2D eigenvalue weighted by atomic mass is 35.5. The van der Waals surface area contributed by atoms with Crippen LogP contribution in [0.4, 0.5) is 21.5 Å². The first-order valence-electron chi connectivity index (χ1n) is 7.51.